The molecule has 0 atom stereocenters. The number of allylic oxidation sites excluding steroid dienone is 4. The molecule has 1 aliphatic heterocycles. The molecule has 1 fully saturated rings. The van der Waals surface area contributed by atoms with Gasteiger partial charge < -0.3 is 4.90 Å². The molecule has 0 saturated carbocycles. The van der Waals surface area contributed by atoms with Gasteiger partial charge in [-0.15, -0.1) is 12.8 Å². The van der Waals surface area contributed by atoms with E-state index in [2.05, 4.69) is 30.9 Å². The zero-order valence-corrected chi connectivity index (χ0v) is 10.3. The highest BCUT2D eigenvalue weighted by molar-refractivity contribution is 5.21. The molecule has 16 heavy (non-hydrogen) atoms. The molecule has 0 aromatic carbocycles. The smallest absolute Gasteiger partial charge is 0.108 e. The summed E-state index contributed by atoms with van der Waals surface area (Å²) in [5, 5.41) is 0. The van der Waals surface area contributed by atoms with Crippen molar-refractivity contribution < 1.29 is 4.39 Å². The normalized spacial score (nSPS) is 19.4. The second-order valence-electron chi connectivity index (χ2n) is 3.92. The predicted octanol–water partition coefficient (Wildman–Crippen LogP) is 3.05. The predicted molar refractivity (Wildman–Crippen MR) is 69.0 cm³/mol. The number of hydrogen-bond donors (Lipinski definition) is 0. The molecule has 1 aliphatic rings. The molecule has 1 nitrogen and oxygen atoms in total. The van der Waals surface area contributed by atoms with Crippen LogP contribution in [0.2, 0.25) is 0 Å². The van der Waals surface area contributed by atoms with Gasteiger partial charge in [0.1, 0.15) is 6.67 Å². The number of terminal acetylenes is 1. The van der Waals surface area contributed by atoms with Gasteiger partial charge in [0.05, 0.1) is 0 Å². The number of rotatable bonds is 3. The van der Waals surface area contributed by atoms with E-state index < -0.39 is 0 Å². The number of hydrogen-bond acceptors (Lipinski definition) is 1. The topological polar surface area (TPSA) is 3.24 Å². The third-order valence-electron chi connectivity index (χ3n) is 2.92. The summed E-state index contributed by atoms with van der Waals surface area (Å²) in [5.41, 5.74) is 1.30. The molecule has 0 aliphatic carbocycles. The van der Waals surface area contributed by atoms with Crippen molar-refractivity contribution in [2.75, 3.05) is 26.8 Å². The summed E-state index contributed by atoms with van der Waals surface area (Å²) in [4.78, 5) is 2.35. The quantitative estimate of drug-likeness (QED) is 0.525. The second kappa shape index (κ2) is 9.18. The van der Waals surface area contributed by atoms with Gasteiger partial charge in [-0.1, -0.05) is 18.2 Å². The SMILES string of the molecule is C#C.C/C=C(\C=C/CF)C1CCN(C)CC1. The Bertz CT molecular complexity index is 245. The molecule has 2 heteroatoms. The molecule has 0 radical (unpaired) electrons. The van der Waals surface area contributed by atoms with Crippen LogP contribution in [0.15, 0.2) is 23.8 Å². The Balaban J connectivity index is 0.00000106. The lowest BCUT2D eigenvalue weighted by molar-refractivity contribution is 0.240. The van der Waals surface area contributed by atoms with Gasteiger partial charge >= 0.3 is 0 Å². The molecule has 1 saturated heterocycles. The standard InChI is InChI=1S/C12H20FN.C2H2/c1-3-11(5-4-8-13)12-6-9-14(2)10-7-12;1-2/h3-5,12H,6-10H2,1-2H3;1-2H/b5-4-,11-3+;. The van der Waals surface area contributed by atoms with Crippen LogP contribution in [-0.4, -0.2) is 31.7 Å². The van der Waals surface area contributed by atoms with Crippen LogP contribution >= 0.6 is 0 Å². The first-order chi connectivity index (χ1) is 7.77. The molecule has 0 unspecified atom stereocenters. The summed E-state index contributed by atoms with van der Waals surface area (Å²) in [7, 11) is 2.16. The van der Waals surface area contributed by atoms with Crippen LogP contribution < -0.4 is 0 Å². The molecule has 0 aromatic heterocycles. The number of halogens is 1. The Morgan fingerprint density at radius 3 is 2.38 bits per heavy atom. The van der Waals surface area contributed by atoms with Crippen molar-refractivity contribution in [2.45, 2.75) is 19.8 Å². The molecule has 0 N–H and O–H groups in total. The number of piperidine rings is 1. The Morgan fingerprint density at radius 1 is 1.38 bits per heavy atom. The maximum absolute atomic E-state index is 12.0. The summed E-state index contributed by atoms with van der Waals surface area (Å²) < 4.78 is 12.0. The van der Waals surface area contributed by atoms with E-state index >= 15 is 0 Å². The minimum Gasteiger partial charge on any atom is -0.306 e. The number of likely N-dealkylation sites (tertiary alicyclic amines) is 1. The van der Waals surface area contributed by atoms with E-state index in [1.165, 1.54) is 18.4 Å². The first-order valence-electron chi connectivity index (χ1n) is 5.68. The highest BCUT2D eigenvalue weighted by Gasteiger charge is 2.18. The summed E-state index contributed by atoms with van der Waals surface area (Å²) in [5.74, 6) is 0.638. The van der Waals surface area contributed by atoms with E-state index in [0.29, 0.717) is 5.92 Å². The van der Waals surface area contributed by atoms with Gasteiger partial charge in [-0.05, 0) is 51.4 Å². The zero-order valence-electron chi connectivity index (χ0n) is 10.3. The molecular weight excluding hydrogens is 201 g/mol. The van der Waals surface area contributed by atoms with E-state index in [9.17, 15) is 4.39 Å². The van der Waals surface area contributed by atoms with E-state index in [0.717, 1.165) is 13.1 Å². The first kappa shape index (κ1) is 14.9. The Hall–Kier alpha value is -1.07. The minimum absolute atomic E-state index is 0.357. The second-order valence-corrected chi connectivity index (χ2v) is 3.92. The maximum atomic E-state index is 12.0. The average molecular weight is 223 g/mol. The zero-order chi connectivity index (χ0) is 12.4. The van der Waals surface area contributed by atoms with Crippen molar-refractivity contribution in [3.8, 4) is 12.8 Å². The van der Waals surface area contributed by atoms with Crippen molar-refractivity contribution in [1.82, 2.24) is 4.90 Å². The molecule has 1 heterocycles. The van der Waals surface area contributed by atoms with Gasteiger partial charge in [-0.25, -0.2) is 4.39 Å². The largest absolute Gasteiger partial charge is 0.306 e. The highest BCUT2D eigenvalue weighted by atomic mass is 19.1. The lowest BCUT2D eigenvalue weighted by atomic mass is 9.89. The van der Waals surface area contributed by atoms with E-state index in [-0.39, 0.29) is 6.67 Å². The van der Waals surface area contributed by atoms with Crippen molar-refractivity contribution in [2.24, 2.45) is 5.92 Å². The Morgan fingerprint density at radius 2 is 1.94 bits per heavy atom. The van der Waals surface area contributed by atoms with Crippen LogP contribution in [0.4, 0.5) is 4.39 Å². The maximum Gasteiger partial charge on any atom is 0.108 e. The summed E-state index contributed by atoms with van der Waals surface area (Å²) in [6.45, 7) is 4.00. The summed E-state index contributed by atoms with van der Waals surface area (Å²) >= 11 is 0. The van der Waals surface area contributed by atoms with Crippen LogP contribution in [0, 0.1) is 18.8 Å². The summed E-state index contributed by atoms with van der Waals surface area (Å²) in [6.07, 6.45) is 16.1. The van der Waals surface area contributed by atoms with E-state index in [1.54, 1.807) is 6.08 Å². The molecule has 0 spiro atoms. The third kappa shape index (κ3) is 5.14. The molecule has 90 valence electrons. The lowest BCUT2D eigenvalue weighted by Gasteiger charge is -2.29. The molecule has 0 amide bonds. The van der Waals surface area contributed by atoms with Gasteiger partial charge in [-0.2, -0.15) is 0 Å². The Labute approximate surface area is 99.0 Å². The van der Waals surface area contributed by atoms with Crippen molar-refractivity contribution in [3.05, 3.63) is 23.8 Å². The fourth-order valence-corrected chi connectivity index (χ4v) is 1.99. The van der Waals surface area contributed by atoms with Crippen LogP contribution in [0.25, 0.3) is 0 Å². The van der Waals surface area contributed by atoms with Crippen LogP contribution in [0.1, 0.15) is 19.8 Å². The van der Waals surface area contributed by atoms with Gasteiger partial charge in [0.2, 0.25) is 0 Å². The molecule has 0 aromatic rings. The third-order valence-corrected chi connectivity index (χ3v) is 2.92. The van der Waals surface area contributed by atoms with Gasteiger partial charge in [0.25, 0.3) is 0 Å². The summed E-state index contributed by atoms with van der Waals surface area (Å²) in [6, 6.07) is 0. The van der Waals surface area contributed by atoms with Crippen molar-refractivity contribution >= 4 is 0 Å². The first-order valence-corrected chi connectivity index (χ1v) is 5.68. The van der Waals surface area contributed by atoms with Crippen molar-refractivity contribution in [1.29, 1.82) is 0 Å². The average Bonchev–Trinajstić information content (AvgIpc) is 2.35. The molecule has 0 bridgehead atoms. The lowest BCUT2D eigenvalue weighted by Crippen LogP contribution is -2.30. The number of alkyl halides is 1. The Kier molecular flexibility index (Phi) is 8.56. The molecular formula is C14H22FN. The van der Waals surface area contributed by atoms with Gasteiger partial charge in [0.15, 0.2) is 0 Å². The van der Waals surface area contributed by atoms with Crippen LogP contribution in [-0.2, 0) is 0 Å². The highest BCUT2D eigenvalue weighted by Crippen LogP contribution is 2.24. The fraction of sp³-hybridized carbons (Fsp3) is 0.571. The fourth-order valence-electron chi connectivity index (χ4n) is 1.99. The van der Waals surface area contributed by atoms with E-state index in [4.69, 9.17) is 0 Å². The van der Waals surface area contributed by atoms with E-state index in [1.807, 2.05) is 13.0 Å². The van der Waals surface area contributed by atoms with Crippen LogP contribution in [0.5, 0.6) is 0 Å². The van der Waals surface area contributed by atoms with Gasteiger partial charge in [0, 0.05) is 0 Å². The number of nitrogens with zero attached hydrogens (tertiary/aromatic N) is 1. The van der Waals surface area contributed by atoms with Crippen molar-refractivity contribution in [3.63, 3.8) is 0 Å². The minimum atomic E-state index is -0.357. The molecule has 1 rings (SSSR count). The van der Waals surface area contributed by atoms with Crippen LogP contribution in [0.3, 0.4) is 0 Å². The van der Waals surface area contributed by atoms with Gasteiger partial charge in [-0.3, -0.25) is 0 Å². The monoisotopic (exact) mass is 223 g/mol.